The molecule has 1 aliphatic rings. The van der Waals surface area contributed by atoms with Crippen LogP contribution in [0.5, 0.6) is 0 Å². The minimum absolute atomic E-state index is 0.640. The van der Waals surface area contributed by atoms with Gasteiger partial charge in [0.15, 0.2) is 0 Å². The lowest BCUT2D eigenvalue weighted by Gasteiger charge is -2.09. The average Bonchev–Trinajstić information content (AvgIpc) is 2.58. The van der Waals surface area contributed by atoms with Crippen molar-refractivity contribution in [2.24, 2.45) is 4.99 Å². The maximum absolute atomic E-state index is 4.35. The summed E-state index contributed by atoms with van der Waals surface area (Å²) < 4.78 is 0. The quantitative estimate of drug-likeness (QED) is 0.622. The highest BCUT2D eigenvalue weighted by molar-refractivity contribution is 5.81. The summed E-state index contributed by atoms with van der Waals surface area (Å²) in [6.07, 6.45) is 9.65. The van der Waals surface area contributed by atoms with Gasteiger partial charge in [-0.05, 0) is 13.3 Å². The van der Waals surface area contributed by atoms with Crippen LogP contribution in [0.3, 0.4) is 0 Å². The standard InChI is InChI=1S/C12H24N2/c1-3-4-5-6-7-8-9-12-10-13-11(2)14-12/h12H,3-10H2,1-2H3,(H,13,14). The Bertz CT molecular complexity index is 175. The first kappa shape index (κ1) is 11.5. The molecule has 1 aliphatic heterocycles. The molecule has 0 bridgehead atoms. The van der Waals surface area contributed by atoms with E-state index in [4.69, 9.17) is 0 Å². The van der Waals surface area contributed by atoms with E-state index in [9.17, 15) is 0 Å². The topological polar surface area (TPSA) is 24.4 Å². The largest absolute Gasteiger partial charge is 0.369 e. The van der Waals surface area contributed by atoms with Crippen molar-refractivity contribution >= 4 is 5.84 Å². The van der Waals surface area contributed by atoms with Crippen LogP contribution < -0.4 is 5.32 Å². The molecular formula is C12H24N2. The minimum Gasteiger partial charge on any atom is -0.369 e. The second kappa shape index (κ2) is 6.86. The number of hydrogen-bond acceptors (Lipinski definition) is 2. The highest BCUT2D eigenvalue weighted by Crippen LogP contribution is 2.10. The van der Waals surface area contributed by atoms with E-state index in [0.717, 1.165) is 12.4 Å². The Morgan fingerprint density at radius 2 is 1.93 bits per heavy atom. The molecule has 0 aromatic carbocycles. The number of nitrogens with zero attached hydrogens (tertiary/aromatic N) is 1. The van der Waals surface area contributed by atoms with Gasteiger partial charge >= 0.3 is 0 Å². The van der Waals surface area contributed by atoms with E-state index in [-0.39, 0.29) is 0 Å². The Morgan fingerprint density at radius 3 is 2.57 bits per heavy atom. The lowest BCUT2D eigenvalue weighted by atomic mass is 10.1. The van der Waals surface area contributed by atoms with Gasteiger partial charge in [-0.15, -0.1) is 0 Å². The van der Waals surface area contributed by atoms with Crippen LogP contribution in [0.15, 0.2) is 4.99 Å². The maximum Gasteiger partial charge on any atom is 0.0935 e. The molecule has 14 heavy (non-hydrogen) atoms. The van der Waals surface area contributed by atoms with Crippen molar-refractivity contribution in [2.45, 2.75) is 64.8 Å². The van der Waals surface area contributed by atoms with E-state index in [1.165, 1.54) is 44.9 Å². The van der Waals surface area contributed by atoms with Gasteiger partial charge in [-0.1, -0.05) is 45.4 Å². The number of unbranched alkanes of at least 4 members (excludes halogenated alkanes) is 5. The molecule has 0 saturated carbocycles. The zero-order valence-electron chi connectivity index (χ0n) is 9.68. The Labute approximate surface area is 88.2 Å². The predicted molar refractivity (Wildman–Crippen MR) is 62.9 cm³/mol. The summed E-state index contributed by atoms with van der Waals surface area (Å²) >= 11 is 0. The molecule has 0 aromatic heterocycles. The summed E-state index contributed by atoms with van der Waals surface area (Å²) in [5, 5.41) is 3.41. The zero-order valence-corrected chi connectivity index (χ0v) is 9.68. The van der Waals surface area contributed by atoms with Crippen LogP contribution in [0, 0.1) is 0 Å². The van der Waals surface area contributed by atoms with Crippen molar-refractivity contribution in [2.75, 3.05) is 6.54 Å². The number of amidine groups is 1. The third-order valence-corrected chi connectivity index (χ3v) is 2.87. The monoisotopic (exact) mass is 196 g/mol. The molecule has 0 radical (unpaired) electrons. The molecule has 0 fully saturated rings. The molecule has 2 heteroatoms. The van der Waals surface area contributed by atoms with Crippen LogP contribution >= 0.6 is 0 Å². The van der Waals surface area contributed by atoms with Gasteiger partial charge in [-0.2, -0.15) is 0 Å². The molecule has 0 spiro atoms. The molecule has 2 nitrogen and oxygen atoms in total. The van der Waals surface area contributed by atoms with Crippen LogP contribution in [-0.4, -0.2) is 18.4 Å². The molecule has 1 N–H and O–H groups in total. The lowest BCUT2D eigenvalue weighted by Crippen LogP contribution is -2.28. The highest BCUT2D eigenvalue weighted by Gasteiger charge is 2.12. The van der Waals surface area contributed by atoms with Gasteiger partial charge in [0.1, 0.15) is 0 Å². The van der Waals surface area contributed by atoms with Crippen molar-refractivity contribution < 1.29 is 0 Å². The molecule has 0 saturated heterocycles. The van der Waals surface area contributed by atoms with Crippen molar-refractivity contribution in [1.82, 2.24) is 5.32 Å². The fourth-order valence-corrected chi connectivity index (χ4v) is 1.97. The van der Waals surface area contributed by atoms with Crippen molar-refractivity contribution in [1.29, 1.82) is 0 Å². The lowest BCUT2D eigenvalue weighted by molar-refractivity contribution is 0.528. The van der Waals surface area contributed by atoms with Crippen LogP contribution in [0.1, 0.15) is 58.8 Å². The van der Waals surface area contributed by atoms with Crippen LogP contribution in [0.25, 0.3) is 0 Å². The first-order chi connectivity index (χ1) is 6.83. The summed E-state index contributed by atoms with van der Waals surface area (Å²) in [6.45, 7) is 5.32. The Balaban J connectivity index is 1.85. The fraction of sp³-hybridized carbons (Fsp3) is 0.917. The molecule has 0 amide bonds. The van der Waals surface area contributed by atoms with Gasteiger partial charge in [-0.3, -0.25) is 4.99 Å². The van der Waals surface area contributed by atoms with Gasteiger partial charge in [0, 0.05) is 6.04 Å². The first-order valence-electron chi connectivity index (χ1n) is 6.10. The van der Waals surface area contributed by atoms with Gasteiger partial charge in [0.05, 0.1) is 12.4 Å². The van der Waals surface area contributed by atoms with Crippen molar-refractivity contribution in [3.63, 3.8) is 0 Å². The van der Waals surface area contributed by atoms with Gasteiger partial charge in [0.25, 0.3) is 0 Å². The summed E-state index contributed by atoms with van der Waals surface area (Å²) in [5.41, 5.74) is 0. The number of hydrogen-bond donors (Lipinski definition) is 1. The fourth-order valence-electron chi connectivity index (χ4n) is 1.97. The van der Waals surface area contributed by atoms with E-state index in [1.54, 1.807) is 0 Å². The molecule has 1 atom stereocenters. The second-order valence-corrected chi connectivity index (χ2v) is 4.32. The van der Waals surface area contributed by atoms with Crippen LogP contribution in [0.2, 0.25) is 0 Å². The van der Waals surface area contributed by atoms with Gasteiger partial charge < -0.3 is 5.32 Å². The average molecular weight is 196 g/mol. The number of nitrogens with one attached hydrogen (secondary N) is 1. The molecule has 82 valence electrons. The Hall–Kier alpha value is -0.530. The molecule has 1 unspecified atom stereocenters. The van der Waals surface area contributed by atoms with Crippen LogP contribution in [-0.2, 0) is 0 Å². The molecule has 0 aromatic rings. The smallest absolute Gasteiger partial charge is 0.0935 e. The Morgan fingerprint density at radius 1 is 1.21 bits per heavy atom. The van der Waals surface area contributed by atoms with E-state index < -0.39 is 0 Å². The maximum atomic E-state index is 4.35. The van der Waals surface area contributed by atoms with E-state index >= 15 is 0 Å². The van der Waals surface area contributed by atoms with Crippen molar-refractivity contribution in [3.8, 4) is 0 Å². The third-order valence-electron chi connectivity index (χ3n) is 2.87. The van der Waals surface area contributed by atoms with Crippen LogP contribution in [0.4, 0.5) is 0 Å². The number of aliphatic imine (C=N–C) groups is 1. The SMILES string of the molecule is CCCCCCCCC1CN=C(C)N1. The van der Waals surface area contributed by atoms with E-state index in [1.807, 2.05) is 0 Å². The number of rotatable bonds is 7. The molecule has 1 rings (SSSR count). The molecule has 1 heterocycles. The van der Waals surface area contributed by atoms with E-state index in [2.05, 4.69) is 24.2 Å². The molecule has 0 aliphatic carbocycles. The second-order valence-electron chi connectivity index (χ2n) is 4.32. The minimum atomic E-state index is 0.640. The predicted octanol–water partition coefficient (Wildman–Crippen LogP) is 3.13. The summed E-state index contributed by atoms with van der Waals surface area (Å²) in [7, 11) is 0. The summed E-state index contributed by atoms with van der Waals surface area (Å²) in [4.78, 5) is 4.35. The summed E-state index contributed by atoms with van der Waals surface area (Å²) in [5.74, 6) is 1.13. The molecular weight excluding hydrogens is 172 g/mol. The van der Waals surface area contributed by atoms with Gasteiger partial charge in [0.2, 0.25) is 0 Å². The third kappa shape index (κ3) is 4.64. The van der Waals surface area contributed by atoms with E-state index in [0.29, 0.717) is 6.04 Å². The zero-order chi connectivity index (χ0) is 10.2. The first-order valence-corrected chi connectivity index (χ1v) is 6.10. The summed E-state index contributed by atoms with van der Waals surface area (Å²) in [6, 6.07) is 0.640. The van der Waals surface area contributed by atoms with Gasteiger partial charge in [-0.25, -0.2) is 0 Å². The highest BCUT2D eigenvalue weighted by atomic mass is 15.1. The van der Waals surface area contributed by atoms with Crippen molar-refractivity contribution in [3.05, 3.63) is 0 Å². The normalized spacial score (nSPS) is 20.7. The Kier molecular flexibility index (Phi) is 5.65.